The van der Waals surface area contributed by atoms with Crippen molar-refractivity contribution >= 4 is 17.4 Å². The van der Waals surface area contributed by atoms with Crippen LogP contribution in [0.3, 0.4) is 0 Å². The average Bonchev–Trinajstić information content (AvgIpc) is 3.56. The molecule has 0 spiro atoms. The number of nitrogens with one attached hydrogen (secondary N) is 2. The fourth-order valence-electron chi connectivity index (χ4n) is 2.99. The Morgan fingerprint density at radius 3 is 2.61 bits per heavy atom. The molecule has 2 aromatic carbocycles. The standard InChI is InChI=1S/C21H22F3N5O2/c1-13-5-3-8-18(26-20(30)29(2)28-25)17(13)12-31-27-19(14-9-10-14)15-6-4-7-16(11-15)21(22,23)24/h3-8,11,14,25H,9-10,12H2,1-2H3,(H,26,30)/b27-19-,28-25?. The Labute approximate surface area is 177 Å². The van der Waals surface area contributed by atoms with E-state index < -0.39 is 17.8 Å². The summed E-state index contributed by atoms with van der Waals surface area (Å²) in [6.45, 7) is 1.85. The molecule has 0 atom stereocenters. The van der Waals surface area contributed by atoms with Crippen molar-refractivity contribution in [2.45, 2.75) is 32.5 Å². The number of urea groups is 1. The highest BCUT2D eigenvalue weighted by molar-refractivity contribution is 6.03. The number of amides is 2. The molecule has 3 rings (SSSR count). The molecular formula is C21H22F3N5O2. The van der Waals surface area contributed by atoms with Crippen LogP contribution in [0.1, 0.15) is 35.1 Å². The Bertz CT molecular complexity index is 1000. The van der Waals surface area contributed by atoms with Gasteiger partial charge in [-0.2, -0.15) is 23.7 Å². The summed E-state index contributed by atoms with van der Waals surface area (Å²) < 4.78 is 39.2. The van der Waals surface area contributed by atoms with E-state index in [1.807, 2.05) is 13.0 Å². The Morgan fingerprint density at radius 1 is 1.26 bits per heavy atom. The Kier molecular flexibility index (Phi) is 6.57. The van der Waals surface area contributed by atoms with E-state index in [-0.39, 0.29) is 12.5 Å². The van der Waals surface area contributed by atoms with Crippen molar-refractivity contribution in [3.8, 4) is 0 Å². The predicted molar refractivity (Wildman–Crippen MR) is 109 cm³/mol. The highest BCUT2D eigenvalue weighted by atomic mass is 19.4. The Hall–Kier alpha value is -3.43. The lowest BCUT2D eigenvalue weighted by molar-refractivity contribution is -0.137. The van der Waals surface area contributed by atoms with Crippen LogP contribution in [-0.4, -0.2) is 23.8 Å². The van der Waals surface area contributed by atoms with Crippen molar-refractivity contribution in [2.75, 3.05) is 12.4 Å². The van der Waals surface area contributed by atoms with Crippen molar-refractivity contribution < 1.29 is 22.8 Å². The van der Waals surface area contributed by atoms with Gasteiger partial charge in [0.1, 0.15) is 6.61 Å². The van der Waals surface area contributed by atoms with E-state index in [4.69, 9.17) is 10.4 Å². The number of nitrogens with zero attached hydrogens (tertiary/aromatic N) is 3. The van der Waals surface area contributed by atoms with Crippen molar-refractivity contribution in [3.05, 3.63) is 64.7 Å². The van der Waals surface area contributed by atoms with Gasteiger partial charge < -0.3 is 10.2 Å². The van der Waals surface area contributed by atoms with Gasteiger partial charge in [-0.3, -0.25) is 0 Å². The maximum Gasteiger partial charge on any atom is 0.416 e. The van der Waals surface area contributed by atoms with Gasteiger partial charge in [0.2, 0.25) is 0 Å². The molecular weight excluding hydrogens is 411 g/mol. The summed E-state index contributed by atoms with van der Waals surface area (Å²) in [4.78, 5) is 17.6. The van der Waals surface area contributed by atoms with Crippen molar-refractivity contribution in [2.24, 2.45) is 16.3 Å². The lowest BCUT2D eigenvalue weighted by Crippen LogP contribution is -2.26. The second-order valence-electron chi connectivity index (χ2n) is 7.26. The molecule has 0 aliphatic heterocycles. The maximum atomic E-state index is 13.1. The second-order valence-corrected chi connectivity index (χ2v) is 7.26. The van der Waals surface area contributed by atoms with E-state index in [0.29, 0.717) is 22.5 Å². The van der Waals surface area contributed by atoms with Gasteiger partial charge >= 0.3 is 12.2 Å². The summed E-state index contributed by atoms with van der Waals surface area (Å²) in [5.41, 5.74) is 9.03. The molecule has 0 radical (unpaired) electrons. The van der Waals surface area contributed by atoms with Crippen LogP contribution in [0.5, 0.6) is 0 Å². The molecule has 1 aliphatic carbocycles. The van der Waals surface area contributed by atoms with Crippen molar-refractivity contribution in [1.29, 1.82) is 5.53 Å². The number of oxime groups is 1. The summed E-state index contributed by atoms with van der Waals surface area (Å²) in [5, 5.41) is 10.7. The largest absolute Gasteiger partial charge is 0.416 e. The number of rotatable bonds is 7. The smallest absolute Gasteiger partial charge is 0.391 e. The third kappa shape index (κ3) is 5.59. The molecule has 0 saturated heterocycles. The topological polar surface area (TPSA) is 90.1 Å². The van der Waals surface area contributed by atoms with Crippen molar-refractivity contribution in [3.63, 3.8) is 0 Å². The van der Waals surface area contributed by atoms with Gasteiger partial charge in [0, 0.05) is 29.8 Å². The zero-order chi connectivity index (χ0) is 22.6. The van der Waals surface area contributed by atoms with Crippen LogP contribution in [0.4, 0.5) is 23.7 Å². The number of aryl methyl sites for hydroxylation is 1. The lowest BCUT2D eigenvalue weighted by Gasteiger charge is -2.15. The number of hydrogen-bond donors (Lipinski definition) is 2. The van der Waals surface area contributed by atoms with Gasteiger partial charge in [-0.25, -0.2) is 4.79 Å². The summed E-state index contributed by atoms with van der Waals surface area (Å²) in [6, 6.07) is 9.75. The van der Waals surface area contributed by atoms with Gasteiger partial charge in [-0.1, -0.05) is 34.6 Å². The Balaban J connectivity index is 1.80. The number of carbonyl (C=O) groups is 1. The maximum absolute atomic E-state index is 13.1. The lowest BCUT2D eigenvalue weighted by atomic mass is 10.0. The molecule has 0 unspecified atom stereocenters. The second kappa shape index (κ2) is 9.15. The first-order valence-electron chi connectivity index (χ1n) is 9.58. The van der Waals surface area contributed by atoms with E-state index in [1.165, 1.54) is 13.1 Å². The molecule has 1 aliphatic rings. The minimum absolute atomic E-state index is 0.0131. The molecule has 0 aromatic heterocycles. The first kappa shape index (κ1) is 22.3. The fourth-order valence-corrected chi connectivity index (χ4v) is 2.99. The van der Waals surface area contributed by atoms with E-state index in [2.05, 4.69) is 15.7 Å². The zero-order valence-corrected chi connectivity index (χ0v) is 17.0. The van der Waals surface area contributed by atoms with Gasteiger partial charge in [0.05, 0.1) is 11.3 Å². The molecule has 1 fully saturated rings. The highest BCUT2D eigenvalue weighted by Gasteiger charge is 2.33. The molecule has 164 valence electrons. The van der Waals surface area contributed by atoms with Crippen LogP contribution in [0, 0.1) is 18.4 Å². The van der Waals surface area contributed by atoms with Gasteiger partial charge in [0.15, 0.2) is 0 Å². The number of benzene rings is 2. The van der Waals surface area contributed by atoms with Crippen LogP contribution in [0.2, 0.25) is 0 Å². The quantitative estimate of drug-likeness (QED) is 0.330. The highest BCUT2D eigenvalue weighted by Crippen LogP contribution is 2.36. The normalized spacial score (nSPS) is 14.2. The van der Waals surface area contributed by atoms with Gasteiger partial charge in [-0.15, -0.1) is 0 Å². The fraction of sp³-hybridized carbons (Fsp3) is 0.333. The number of carbonyl (C=O) groups excluding carboxylic acids is 1. The molecule has 2 aromatic rings. The molecule has 10 heteroatoms. The summed E-state index contributed by atoms with van der Waals surface area (Å²) >= 11 is 0. The molecule has 7 nitrogen and oxygen atoms in total. The third-order valence-electron chi connectivity index (χ3n) is 4.92. The zero-order valence-electron chi connectivity index (χ0n) is 17.0. The molecule has 0 heterocycles. The molecule has 2 amide bonds. The first-order chi connectivity index (χ1) is 14.7. The van der Waals surface area contributed by atoms with Crippen LogP contribution in [-0.2, 0) is 17.6 Å². The predicted octanol–water partition coefficient (Wildman–Crippen LogP) is 5.75. The van der Waals surface area contributed by atoms with E-state index in [1.54, 1.807) is 18.2 Å². The average molecular weight is 433 g/mol. The number of hydrogen-bond acceptors (Lipinski definition) is 5. The van der Waals surface area contributed by atoms with E-state index in [9.17, 15) is 18.0 Å². The third-order valence-corrected chi connectivity index (χ3v) is 4.92. The van der Waals surface area contributed by atoms with Gasteiger partial charge in [0.25, 0.3) is 0 Å². The molecule has 0 bridgehead atoms. The first-order valence-corrected chi connectivity index (χ1v) is 9.58. The molecule has 2 N–H and O–H groups in total. The summed E-state index contributed by atoms with van der Waals surface area (Å²) in [7, 11) is 1.34. The van der Waals surface area contributed by atoms with Crippen LogP contribution in [0.15, 0.2) is 52.8 Å². The van der Waals surface area contributed by atoms with Gasteiger partial charge in [-0.05, 0) is 43.5 Å². The monoisotopic (exact) mass is 433 g/mol. The van der Waals surface area contributed by atoms with E-state index in [0.717, 1.165) is 35.5 Å². The minimum Gasteiger partial charge on any atom is -0.391 e. The minimum atomic E-state index is -4.43. The SMILES string of the molecule is Cc1cccc(NC(=O)N(C)N=N)c1CO/N=C(\c1cccc(C(F)(F)F)c1)C1CC1. The number of anilines is 1. The number of alkyl halides is 3. The van der Waals surface area contributed by atoms with Crippen LogP contribution in [0.25, 0.3) is 0 Å². The summed E-state index contributed by atoms with van der Waals surface area (Å²) in [5.74, 6) is 0.0619. The van der Waals surface area contributed by atoms with Crippen molar-refractivity contribution in [1.82, 2.24) is 5.01 Å². The van der Waals surface area contributed by atoms with Crippen LogP contribution >= 0.6 is 0 Å². The summed E-state index contributed by atoms with van der Waals surface area (Å²) in [6.07, 6.45) is -2.75. The number of halogens is 3. The molecule has 31 heavy (non-hydrogen) atoms. The Morgan fingerprint density at radius 2 is 1.97 bits per heavy atom. The molecule has 1 saturated carbocycles. The van der Waals surface area contributed by atoms with Crippen LogP contribution < -0.4 is 5.32 Å². The van der Waals surface area contributed by atoms with E-state index >= 15 is 0 Å².